The van der Waals surface area contributed by atoms with Crippen LogP contribution in [0.4, 0.5) is 0 Å². The van der Waals surface area contributed by atoms with Gasteiger partial charge >= 0.3 is 5.97 Å². The minimum absolute atomic E-state index is 0.130. The quantitative estimate of drug-likeness (QED) is 0.688. The van der Waals surface area contributed by atoms with Crippen molar-refractivity contribution in [1.82, 2.24) is 10.2 Å². The van der Waals surface area contributed by atoms with Crippen LogP contribution in [-0.2, 0) is 11.3 Å². The lowest BCUT2D eigenvalue weighted by atomic mass is 10.1. The Morgan fingerprint density at radius 3 is 2.74 bits per heavy atom. The molecule has 3 rings (SSSR count). The number of hydrogen-bond donors (Lipinski definition) is 0. The molecule has 0 amide bonds. The molecular weight excluding hydrogens is 294 g/mol. The fraction of sp³-hybridized carbons (Fsp3) is 0.0588. The average molecular weight is 305 g/mol. The molecule has 0 aliphatic heterocycles. The van der Waals surface area contributed by atoms with Gasteiger partial charge < -0.3 is 9.15 Å². The molecule has 1 heterocycles. The van der Waals surface area contributed by atoms with E-state index in [4.69, 9.17) is 14.4 Å². The summed E-state index contributed by atoms with van der Waals surface area (Å²) in [6, 6.07) is 17.5. The molecular formula is C17H11N3O3. The van der Waals surface area contributed by atoms with Gasteiger partial charge in [0.05, 0.1) is 17.2 Å². The van der Waals surface area contributed by atoms with Gasteiger partial charge in [-0.1, -0.05) is 24.3 Å². The van der Waals surface area contributed by atoms with Crippen LogP contribution in [-0.4, -0.2) is 16.2 Å². The van der Waals surface area contributed by atoms with Crippen molar-refractivity contribution in [3.05, 3.63) is 71.6 Å². The fourth-order valence-corrected chi connectivity index (χ4v) is 1.94. The van der Waals surface area contributed by atoms with Gasteiger partial charge in [0.15, 0.2) is 6.61 Å². The summed E-state index contributed by atoms with van der Waals surface area (Å²) in [4.78, 5) is 11.9. The lowest BCUT2D eigenvalue weighted by molar-refractivity contribution is 0.0438. The van der Waals surface area contributed by atoms with Gasteiger partial charge in [0.25, 0.3) is 5.89 Å². The fourth-order valence-electron chi connectivity index (χ4n) is 1.94. The molecule has 0 bridgehead atoms. The molecule has 0 saturated heterocycles. The molecule has 3 aromatic rings. The van der Waals surface area contributed by atoms with E-state index in [9.17, 15) is 4.79 Å². The maximum absolute atomic E-state index is 11.9. The van der Waals surface area contributed by atoms with E-state index in [0.29, 0.717) is 17.0 Å². The summed E-state index contributed by atoms with van der Waals surface area (Å²) in [5.74, 6) is 0.0123. The van der Waals surface area contributed by atoms with Crippen molar-refractivity contribution in [2.24, 2.45) is 0 Å². The van der Waals surface area contributed by atoms with Crippen molar-refractivity contribution in [2.45, 2.75) is 6.61 Å². The van der Waals surface area contributed by atoms with Crippen molar-refractivity contribution in [1.29, 1.82) is 5.26 Å². The molecule has 0 unspecified atom stereocenters. The molecule has 2 aromatic carbocycles. The van der Waals surface area contributed by atoms with E-state index in [2.05, 4.69) is 10.2 Å². The Labute approximate surface area is 132 Å². The van der Waals surface area contributed by atoms with Crippen LogP contribution < -0.4 is 0 Å². The van der Waals surface area contributed by atoms with Gasteiger partial charge in [-0.25, -0.2) is 4.79 Å². The van der Waals surface area contributed by atoms with Gasteiger partial charge in [-0.05, 0) is 30.3 Å². The summed E-state index contributed by atoms with van der Waals surface area (Å²) in [6.07, 6.45) is 0. The number of ether oxygens (including phenoxy) is 1. The number of carbonyl (C=O) groups excluding carboxylic acids is 1. The van der Waals surface area contributed by atoms with Crippen LogP contribution >= 0.6 is 0 Å². The molecule has 6 nitrogen and oxygen atoms in total. The lowest BCUT2D eigenvalue weighted by Crippen LogP contribution is -2.05. The van der Waals surface area contributed by atoms with Gasteiger partial charge in [0.1, 0.15) is 0 Å². The predicted molar refractivity (Wildman–Crippen MR) is 80.0 cm³/mol. The molecule has 0 spiro atoms. The minimum Gasteiger partial charge on any atom is -0.452 e. The molecule has 0 atom stereocenters. The van der Waals surface area contributed by atoms with Gasteiger partial charge in [-0.15, -0.1) is 10.2 Å². The molecule has 6 heteroatoms. The molecule has 0 N–H and O–H groups in total. The third kappa shape index (κ3) is 3.41. The zero-order valence-electron chi connectivity index (χ0n) is 12.0. The van der Waals surface area contributed by atoms with E-state index in [-0.39, 0.29) is 12.5 Å². The van der Waals surface area contributed by atoms with Crippen molar-refractivity contribution in [2.75, 3.05) is 0 Å². The van der Waals surface area contributed by atoms with Crippen LogP contribution in [0.15, 0.2) is 59.0 Å². The summed E-state index contributed by atoms with van der Waals surface area (Å²) < 4.78 is 10.6. The average Bonchev–Trinajstić information content (AvgIpc) is 3.09. The Hall–Kier alpha value is -3.46. The topological polar surface area (TPSA) is 89.0 Å². The van der Waals surface area contributed by atoms with Crippen molar-refractivity contribution < 1.29 is 13.9 Å². The third-order valence-corrected chi connectivity index (χ3v) is 3.04. The Balaban J connectivity index is 1.66. The highest BCUT2D eigenvalue weighted by Gasteiger charge is 2.12. The second-order valence-corrected chi connectivity index (χ2v) is 4.64. The number of esters is 1. The third-order valence-electron chi connectivity index (χ3n) is 3.04. The zero-order chi connectivity index (χ0) is 16.1. The molecule has 23 heavy (non-hydrogen) atoms. The minimum atomic E-state index is -0.554. The summed E-state index contributed by atoms with van der Waals surface area (Å²) in [6.45, 7) is -0.130. The molecule has 0 aliphatic carbocycles. The smallest absolute Gasteiger partial charge is 0.338 e. The van der Waals surface area contributed by atoms with Crippen LogP contribution in [0.3, 0.4) is 0 Å². The second-order valence-electron chi connectivity index (χ2n) is 4.64. The molecule has 112 valence electrons. The van der Waals surface area contributed by atoms with Gasteiger partial charge in [0.2, 0.25) is 5.89 Å². The SMILES string of the molecule is N#Cc1cccc(C(=O)OCc2nnc(-c3ccccc3)o2)c1. The van der Waals surface area contributed by atoms with E-state index in [0.717, 1.165) is 5.56 Å². The van der Waals surface area contributed by atoms with Crippen molar-refractivity contribution >= 4 is 5.97 Å². The van der Waals surface area contributed by atoms with Crippen LogP contribution in [0.1, 0.15) is 21.8 Å². The number of carbonyl (C=O) groups is 1. The number of aromatic nitrogens is 2. The van der Waals surface area contributed by atoms with E-state index in [1.165, 1.54) is 6.07 Å². The molecule has 0 aliphatic rings. The predicted octanol–water partition coefficient (Wildman–Crippen LogP) is 2.97. The highest BCUT2D eigenvalue weighted by molar-refractivity contribution is 5.89. The summed E-state index contributed by atoms with van der Waals surface area (Å²) >= 11 is 0. The van der Waals surface area contributed by atoms with Gasteiger partial charge in [0, 0.05) is 5.56 Å². The Bertz CT molecular complexity index is 866. The maximum Gasteiger partial charge on any atom is 0.338 e. The second kappa shape index (κ2) is 6.54. The van der Waals surface area contributed by atoms with Gasteiger partial charge in [-0.2, -0.15) is 5.26 Å². The first-order chi connectivity index (χ1) is 11.3. The molecule has 0 radical (unpaired) electrons. The number of hydrogen-bond acceptors (Lipinski definition) is 6. The Morgan fingerprint density at radius 1 is 1.13 bits per heavy atom. The lowest BCUT2D eigenvalue weighted by Gasteiger charge is -2.02. The van der Waals surface area contributed by atoms with Crippen LogP contribution in [0, 0.1) is 11.3 Å². The molecule has 0 saturated carbocycles. The highest BCUT2D eigenvalue weighted by atomic mass is 16.5. The highest BCUT2D eigenvalue weighted by Crippen LogP contribution is 2.17. The first kappa shape index (κ1) is 14.5. The first-order valence-electron chi connectivity index (χ1n) is 6.81. The van der Waals surface area contributed by atoms with Crippen molar-refractivity contribution in [3.63, 3.8) is 0 Å². The zero-order valence-corrected chi connectivity index (χ0v) is 12.0. The van der Waals surface area contributed by atoms with Crippen molar-refractivity contribution in [3.8, 4) is 17.5 Å². The molecule has 0 fully saturated rings. The standard InChI is InChI=1S/C17H11N3O3/c18-10-12-5-4-8-14(9-12)17(21)22-11-15-19-20-16(23-15)13-6-2-1-3-7-13/h1-9H,11H2. The number of nitrogens with zero attached hydrogens (tertiary/aromatic N) is 3. The van der Waals surface area contributed by atoms with Crippen LogP contribution in [0.25, 0.3) is 11.5 Å². The van der Waals surface area contributed by atoms with E-state index < -0.39 is 5.97 Å². The van der Waals surface area contributed by atoms with Crippen LogP contribution in [0.2, 0.25) is 0 Å². The maximum atomic E-state index is 11.9. The van der Waals surface area contributed by atoms with Gasteiger partial charge in [-0.3, -0.25) is 0 Å². The summed E-state index contributed by atoms with van der Waals surface area (Å²) in [5.41, 5.74) is 1.48. The normalized spacial score (nSPS) is 10.0. The summed E-state index contributed by atoms with van der Waals surface area (Å²) in [5, 5.41) is 16.6. The number of benzene rings is 2. The van der Waals surface area contributed by atoms with Crippen LogP contribution in [0.5, 0.6) is 0 Å². The Kier molecular flexibility index (Phi) is 4.11. The first-order valence-corrected chi connectivity index (χ1v) is 6.81. The Morgan fingerprint density at radius 2 is 1.96 bits per heavy atom. The summed E-state index contributed by atoms with van der Waals surface area (Å²) in [7, 11) is 0. The largest absolute Gasteiger partial charge is 0.452 e. The number of rotatable bonds is 4. The monoisotopic (exact) mass is 305 g/mol. The van der Waals surface area contributed by atoms with E-state index in [1.54, 1.807) is 18.2 Å². The van der Waals surface area contributed by atoms with E-state index in [1.807, 2.05) is 36.4 Å². The molecule has 1 aromatic heterocycles. The number of nitriles is 1. The van der Waals surface area contributed by atoms with E-state index >= 15 is 0 Å².